The second-order valence-corrected chi connectivity index (χ2v) is 4.08. The molecule has 0 fully saturated rings. The molecular weight excluding hydrogens is 258 g/mol. The molecule has 0 aliphatic heterocycles. The van der Waals surface area contributed by atoms with Gasteiger partial charge in [0.25, 0.3) is 5.69 Å². The van der Waals surface area contributed by atoms with E-state index in [1.807, 2.05) is 24.3 Å². The van der Waals surface area contributed by atoms with E-state index in [0.29, 0.717) is 11.5 Å². The molecule has 3 aromatic rings. The Kier molecular flexibility index (Phi) is 2.92. The number of hydrogen-bond acceptors (Lipinski definition) is 6. The van der Waals surface area contributed by atoms with Crippen LogP contribution in [0.5, 0.6) is 0 Å². The fraction of sp³-hybridized carbons (Fsp3) is 0. The molecule has 0 atom stereocenters. The van der Waals surface area contributed by atoms with Crippen molar-refractivity contribution in [2.24, 2.45) is 0 Å². The molecule has 1 N–H and O–H groups in total. The first kappa shape index (κ1) is 12.0. The molecule has 1 aromatic heterocycles. The van der Waals surface area contributed by atoms with Crippen molar-refractivity contribution in [3.8, 4) is 0 Å². The van der Waals surface area contributed by atoms with Crippen molar-refractivity contribution in [3.05, 3.63) is 58.6 Å². The Morgan fingerprint density at radius 2 is 1.75 bits per heavy atom. The molecule has 7 heteroatoms. The van der Waals surface area contributed by atoms with Crippen molar-refractivity contribution >= 4 is 28.1 Å². The van der Waals surface area contributed by atoms with Gasteiger partial charge in [0.1, 0.15) is 0 Å². The summed E-state index contributed by atoms with van der Waals surface area (Å²) in [4.78, 5) is 10.2. The first-order valence-electron chi connectivity index (χ1n) is 5.83. The third-order valence-electron chi connectivity index (χ3n) is 2.80. The SMILES string of the molecule is O=[N+]([O-])c1ccc(Nc2nnnc3ccccc23)cc1. The summed E-state index contributed by atoms with van der Waals surface area (Å²) in [7, 11) is 0. The van der Waals surface area contributed by atoms with Crippen molar-refractivity contribution in [2.45, 2.75) is 0 Å². The quantitative estimate of drug-likeness (QED) is 0.579. The summed E-state index contributed by atoms with van der Waals surface area (Å²) in [6, 6.07) is 13.6. The van der Waals surface area contributed by atoms with Gasteiger partial charge in [0.15, 0.2) is 5.82 Å². The van der Waals surface area contributed by atoms with Crippen LogP contribution in [-0.2, 0) is 0 Å². The topological polar surface area (TPSA) is 93.8 Å². The van der Waals surface area contributed by atoms with Crippen molar-refractivity contribution < 1.29 is 4.92 Å². The minimum Gasteiger partial charge on any atom is -0.338 e. The summed E-state index contributed by atoms with van der Waals surface area (Å²) in [6.07, 6.45) is 0. The lowest BCUT2D eigenvalue weighted by Gasteiger charge is -2.06. The Morgan fingerprint density at radius 1 is 1.00 bits per heavy atom. The fourth-order valence-corrected chi connectivity index (χ4v) is 1.83. The van der Waals surface area contributed by atoms with Crippen LogP contribution in [0.2, 0.25) is 0 Å². The molecule has 2 aromatic carbocycles. The number of hydrogen-bond donors (Lipinski definition) is 1. The second-order valence-electron chi connectivity index (χ2n) is 4.08. The predicted octanol–water partition coefficient (Wildman–Crippen LogP) is 2.68. The number of benzene rings is 2. The van der Waals surface area contributed by atoms with E-state index >= 15 is 0 Å². The van der Waals surface area contributed by atoms with Crippen LogP contribution in [0.1, 0.15) is 0 Å². The number of nitrogens with zero attached hydrogens (tertiary/aromatic N) is 4. The molecular formula is C13H9N5O2. The van der Waals surface area contributed by atoms with Crippen LogP contribution >= 0.6 is 0 Å². The molecule has 3 rings (SSSR count). The second kappa shape index (κ2) is 4.88. The highest BCUT2D eigenvalue weighted by molar-refractivity contribution is 5.89. The summed E-state index contributed by atoms with van der Waals surface area (Å²) in [5.74, 6) is 0.560. The molecule has 0 bridgehead atoms. The maximum absolute atomic E-state index is 10.6. The fourth-order valence-electron chi connectivity index (χ4n) is 1.83. The first-order chi connectivity index (χ1) is 9.74. The highest BCUT2D eigenvalue weighted by atomic mass is 16.6. The molecule has 0 unspecified atom stereocenters. The third kappa shape index (κ3) is 2.24. The zero-order valence-electron chi connectivity index (χ0n) is 10.2. The molecule has 0 spiro atoms. The lowest BCUT2D eigenvalue weighted by atomic mass is 10.2. The van der Waals surface area contributed by atoms with Gasteiger partial charge < -0.3 is 5.32 Å². The van der Waals surface area contributed by atoms with E-state index in [-0.39, 0.29) is 5.69 Å². The summed E-state index contributed by atoms with van der Waals surface area (Å²) in [5, 5.41) is 26.1. The van der Waals surface area contributed by atoms with Gasteiger partial charge in [-0.15, -0.1) is 10.2 Å². The van der Waals surface area contributed by atoms with E-state index in [9.17, 15) is 10.1 Å². The highest BCUT2D eigenvalue weighted by Crippen LogP contribution is 2.23. The Bertz CT molecular complexity index is 768. The number of non-ortho nitro benzene ring substituents is 1. The van der Waals surface area contributed by atoms with Crippen LogP contribution in [0.15, 0.2) is 48.5 Å². The summed E-state index contributed by atoms with van der Waals surface area (Å²) in [6.45, 7) is 0. The maximum Gasteiger partial charge on any atom is 0.269 e. The van der Waals surface area contributed by atoms with Crippen LogP contribution in [0, 0.1) is 10.1 Å². The largest absolute Gasteiger partial charge is 0.338 e. The molecule has 0 aliphatic rings. The number of nitro benzene ring substituents is 1. The molecule has 1 heterocycles. The molecule has 7 nitrogen and oxygen atoms in total. The highest BCUT2D eigenvalue weighted by Gasteiger charge is 2.07. The van der Waals surface area contributed by atoms with Gasteiger partial charge in [-0.1, -0.05) is 12.1 Å². The lowest BCUT2D eigenvalue weighted by Crippen LogP contribution is -1.98. The number of nitro groups is 1. The summed E-state index contributed by atoms with van der Waals surface area (Å²) >= 11 is 0. The van der Waals surface area contributed by atoms with Crippen LogP contribution in [0.4, 0.5) is 17.2 Å². The molecule has 0 saturated carbocycles. The minimum absolute atomic E-state index is 0.0428. The maximum atomic E-state index is 10.6. The van der Waals surface area contributed by atoms with E-state index in [4.69, 9.17) is 0 Å². The summed E-state index contributed by atoms with van der Waals surface area (Å²) in [5.41, 5.74) is 1.47. The van der Waals surface area contributed by atoms with Gasteiger partial charge in [0, 0.05) is 23.2 Å². The number of fused-ring (bicyclic) bond motifs is 1. The first-order valence-corrected chi connectivity index (χ1v) is 5.83. The average molecular weight is 267 g/mol. The molecule has 0 radical (unpaired) electrons. The molecule has 0 saturated heterocycles. The Labute approximate surface area is 113 Å². The van der Waals surface area contributed by atoms with Gasteiger partial charge >= 0.3 is 0 Å². The number of nitrogens with one attached hydrogen (secondary N) is 1. The smallest absolute Gasteiger partial charge is 0.269 e. The standard InChI is InChI=1S/C13H9N5O2/c19-18(20)10-7-5-9(6-8-10)14-13-11-3-1-2-4-12(11)15-17-16-13/h1-8H,(H,14,15,16). The van der Waals surface area contributed by atoms with E-state index in [2.05, 4.69) is 20.7 Å². The van der Waals surface area contributed by atoms with E-state index < -0.39 is 4.92 Å². The molecule has 20 heavy (non-hydrogen) atoms. The van der Waals surface area contributed by atoms with E-state index in [1.165, 1.54) is 12.1 Å². The van der Waals surface area contributed by atoms with Gasteiger partial charge in [-0.25, -0.2) is 0 Å². The Morgan fingerprint density at radius 3 is 2.50 bits per heavy atom. The lowest BCUT2D eigenvalue weighted by molar-refractivity contribution is -0.384. The molecule has 0 aliphatic carbocycles. The minimum atomic E-state index is -0.439. The monoisotopic (exact) mass is 267 g/mol. The molecule has 98 valence electrons. The van der Waals surface area contributed by atoms with Crippen LogP contribution in [0.25, 0.3) is 10.9 Å². The van der Waals surface area contributed by atoms with E-state index in [0.717, 1.165) is 10.9 Å². The van der Waals surface area contributed by atoms with Gasteiger partial charge in [-0.05, 0) is 29.5 Å². The number of aromatic nitrogens is 3. The third-order valence-corrected chi connectivity index (χ3v) is 2.80. The average Bonchev–Trinajstić information content (AvgIpc) is 2.48. The number of rotatable bonds is 3. The van der Waals surface area contributed by atoms with Gasteiger partial charge in [-0.2, -0.15) is 0 Å². The van der Waals surface area contributed by atoms with Gasteiger partial charge in [0.05, 0.1) is 10.4 Å². The van der Waals surface area contributed by atoms with Crippen molar-refractivity contribution in [1.82, 2.24) is 15.4 Å². The van der Waals surface area contributed by atoms with Crippen LogP contribution < -0.4 is 5.32 Å². The van der Waals surface area contributed by atoms with Crippen LogP contribution in [0.3, 0.4) is 0 Å². The van der Waals surface area contributed by atoms with Crippen molar-refractivity contribution in [2.75, 3.05) is 5.32 Å². The van der Waals surface area contributed by atoms with Gasteiger partial charge in [-0.3, -0.25) is 10.1 Å². The Balaban J connectivity index is 1.95. The molecule has 0 amide bonds. The zero-order valence-corrected chi connectivity index (χ0v) is 10.2. The van der Waals surface area contributed by atoms with Gasteiger partial charge in [0.2, 0.25) is 0 Å². The summed E-state index contributed by atoms with van der Waals surface area (Å²) < 4.78 is 0. The normalized spacial score (nSPS) is 10.4. The zero-order chi connectivity index (χ0) is 13.9. The van der Waals surface area contributed by atoms with Crippen molar-refractivity contribution in [1.29, 1.82) is 0 Å². The predicted molar refractivity (Wildman–Crippen MR) is 73.7 cm³/mol. The number of anilines is 2. The van der Waals surface area contributed by atoms with Crippen LogP contribution in [-0.4, -0.2) is 20.3 Å². The Hall–Kier alpha value is -3.09. The van der Waals surface area contributed by atoms with E-state index in [1.54, 1.807) is 12.1 Å². The van der Waals surface area contributed by atoms with Crippen molar-refractivity contribution in [3.63, 3.8) is 0 Å².